The summed E-state index contributed by atoms with van der Waals surface area (Å²) in [5.74, 6) is -0.0666. The Hall–Kier alpha value is -1.89. The number of piperidine rings is 1. The largest absolute Gasteiger partial charge is 0.364 e. The zero-order valence-corrected chi connectivity index (χ0v) is 17.9. The van der Waals surface area contributed by atoms with Gasteiger partial charge in [0.1, 0.15) is 0 Å². The van der Waals surface area contributed by atoms with Crippen LogP contribution in [0, 0.1) is 12.3 Å². The Bertz CT molecular complexity index is 956. The number of nitrogens with zero attached hydrogens (tertiary/aromatic N) is 3. The van der Waals surface area contributed by atoms with Crippen molar-refractivity contribution in [3.8, 4) is 11.3 Å². The lowest BCUT2D eigenvalue weighted by atomic mass is 9.74. The number of hydrogen-bond donors (Lipinski definition) is 2. The maximum atomic E-state index is 12.2. The molecule has 1 aliphatic carbocycles. The van der Waals surface area contributed by atoms with Crippen molar-refractivity contribution in [1.29, 1.82) is 0 Å². The second-order valence-electron chi connectivity index (χ2n) is 8.14. The molecule has 2 fully saturated rings. The smallest absolute Gasteiger partial charge is 0.271 e. The molecular weight excluding hydrogens is 409 g/mol. The molecule has 1 saturated heterocycles. The molecule has 29 heavy (non-hydrogen) atoms. The molecule has 2 aliphatic rings. The number of aromatic nitrogens is 2. The molecule has 1 aliphatic heterocycles. The minimum atomic E-state index is -0.607. The van der Waals surface area contributed by atoms with Crippen molar-refractivity contribution in [2.45, 2.75) is 45.1 Å². The number of nitrogens with two attached hydrogens (primary N) is 2. The summed E-state index contributed by atoms with van der Waals surface area (Å²) in [6.45, 7) is 3.44. The van der Waals surface area contributed by atoms with E-state index in [9.17, 15) is 4.79 Å². The SMILES string of the molecule is Cc1nc(N2CCC3(CCCC3N)CC2)c(C(N)=O)nc1-c1cccc(Cl)c1Cl. The number of rotatable bonds is 3. The van der Waals surface area contributed by atoms with Gasteiger partial charge in [-0.25, -0.2) is 9.97 Å². The second kappa shape index (κ2) is 7.74. The zero-order chi connectivity index (χ0) is 20.8. The van der Waals surface area contributed by atoms with Gasteiger partial charge in [-0.05, 0) is 44.1 Å². The number of primary amides is 1. The molecule has 2 aromatic rings. The van der Waals surface area contributed by atoms with E-state index in [0.29, 0.717) is 32.8 Å². The summed E-state index contributed by atoms with van der Waals surface area (Å²) in [4.78, 5) is 23.6. The molecule has 1 aromatic carbocycles. The van der Waals surface area contributed by atoms with Crippen LogP contribution in [-0.2, 0) is 0 Å². The second-order valence-corrected chi connectivity index (χ2v) is 8.93. The number of amides is 1. The number of halogens is 2. The Labute approximate surface area is 180 Å². The summed E-state index contributed by atoms with van der Waals surface area (Å²) in [7, 11) is 0. The average Bonchev–Trinajstić information content (AvgIpc) is 3.04. The lowest BCUT2D eigenvalue weighted by Crippen LogP contribution is -2.47. The van der Waals surface area contributed by atoms with Crippen molar-refractivity contribution in [2.75, 3.05) is 18.0 Å². The van der Waals surface area contributed by atoms with Crippen LogP contribution in [0.15, 0.2) is 18.2 Å². The molecule has 2 heterocycles. The third kappa shape index (κ3) is 3.58. The van der Waals surface area contributed by atoms with Gasteiger partial charge in [0.15, 0.2) is 11.5 Å². The van der Waals surface area contributed by atoms with Crippen molar-refractivity contribution < 1.29 is 4.79 Å². The summed E-state index contributed by atoms with van der Waals surface area (Å²) < 4.78 is 0. The fourth-order valence-corrected chi connectivity index (χ4v) is 5.18. The van der Waals surface area contributed by atoms with Crippen LogP contribution in [0.4, 0.5) is 5.82 Å². The Morgan fingerprint density at radius 2 is 1.93 bits per heavy atom. The lowest BCUT2D eigenvalue weighted by Gasteiger charge is -2.42. The van der Waals surface area contributed by atoms with Crippen molar-refractivity contribution in [2.24, 2.45) is 16.9 Å². The predicted octanol–water partition coefficient (Wildman–Crippen LogP) is 3.96. The fourth-order valence-electron chi connectivity index (χ4n) is 4.79. The number of carbonyl (C=O) groups is 1. The van der Waals surface area contributed by atoms with Crippen LogP contribution in [-0.4, -0.2) is 35.0 Å². The summed E-state index contributed by atoms with van der Waals surface area (Å²) in [5, 5.41) is 0.800. The van der Waals surface area contributed by atoms with E-state index in [4.69, 9.17) is 39.7 Å². The molecule has 8 heteroatoms. The Morgan fingerprint density at radius 1 is 1.21 bits per heavy atom. The van der Waals surface area contributed by atoms with Crippen molar-refractivity contribution in [3.63, 3.8) is 0 Å². The van der Waals surface area contributed by atoms with Crippen molar-refractivity contribution >= 4 is 34.9 Å². The highest BCUT2D eigenvalue weighted by molar-refractivity contribution is 6.43. The van der Waals surface area contributed by atoms with Crippen LogP contribution in [0.1, 0.15) is 48.3 Å². The van der Waals surface area contributed by atoms with Gasteiger partial charge in [0, 0.05) is 24.7 Å². The minimum absolute atomic E-state index is 0.160. The van der Waals surface area contributed by atoms with Gasteiger partial charge in [-0.15, -0.1) is 0 Å². The minimum Gasteiger partial charge on any atom is -0.364 e. The number of benzene rings is 1. The number of carbonyl (C=O) groups excluding carboxylic acids is 1. The van der Waals surface area contributed by atoms with Gasteiger partial charge in [0.25, 0.3) is 5.91 Å². The van der Waals surface area contributed by atoms with Gasteiger partial charge >= 0.3 is 0 Å². The molecule has 1 aromatic heterocycles. The molecule has 4 rings (SSSR count). The lowest BCUT2D eigenvalue weighted by molar-refractivity contribution is 0.0995. The predicted molar refractivity (Wildman–Crippen MR) is 116 cm³/mol. The summed E-state index contributed by atoms with van der Waals surface area (Å²) in [6.07, 6.45) is 5.47. The highest BCUT2D eigenvalue weighted by Crippen LogP contribution is 2.46. The van der Waals surface area contributed by atoms with Gasteiger partial charge < -0.3 is 16.4 Å². The fraction of sp³-hybridized carbons (Fsp3) is 0.476. The van der Waals surface area contributed by atoms with E-state index >= 15 is 0 Å². The first-order valence-corrected chi connectivity index (χ1v) is 10.7. The van der Waals surface area contributed by atoms with Crippen LogP contribution in [0.5, 0.6) is 0 Å². The highest BCUT2D eigenvalue weighted by atomic mass is 35.5. The third-order valence-electron chi connectivity index (χ3n) is 6.53. The quantitative estimate of drug-likeness (QED) is 0.762. The maximum absolute atomic E-state index is 12.2. The molecule has 6 nitrogen and oxygen atoms in total. The molecule has 1 amide bonds. The molecule has 1 saturated carbocycles. The van der Waals surface area contributed by atoms with Gasteiger partial charge in [-0.1, -0.05) is 41.8 Å². The Kier molecular flexibility index (Phi) is 5.44. The summed E-state index contributed by atoms with van der Waals surface area (Å²) in [6, 6.07) is 5.57. The van der Waals surface area contributed by atoms with Gasteiger partial charge in [-0.2, -0.15) is 0 Å². The van der Waals surface area contributed by atoms with Gasteiger partial charge in [-0.3, -0.25) is 4.79 Å². The normalized spacial score (nSPS) is 21.0. The van der Waals surface area contributed by atoms with Crippen LogP contribution < -0.4 is 16.4 Å². The summed E-state index contributed by atoms with van der Waals surface area (Å²) in [5.41, 5.74) is 14.3. The molecule has 0 bridgehead atoms. The number of anilines is 1. The van der Waals surface area contributed by atoms with E-state index in [2.05, 4.69) is 9.88 Å². The van der Waals surface area contributed by atoms with Gasteiger partial charge in [0.2, 0.25) is 0 Å². The van der Waals surface area contributed by atoms with E-state index in [-0.39, 0.29) is 17.2 Å². The van der Waals surface area contributed by atoms with Crippen LogP contribution in [0.25, 0.3) is 11.3 Å². The van der Waals surface area contributed by atoms with E-state index in [1.807, 2.05) is 13.0 Å². The van der Waals surface area contributed by atoms with E-state index < -0.39 is 5.91 Å². The molecule has 1 atom stereocenters. The van der Waals surface area contributed by atoms with Crippen LogP contribution in [0.3, 0.4) is 0 Å². The first-order chi connectivity index (χ1) is 13.8. The molecule has 4 N–H and O–H groups in total. The molecule has 1 spiro atoms. The third-order valence-corrected chi connectivity index (χ3v) is 7.35. The topological polar surface area (TPSA) is 98.1 Å². The summed E-state index contributed by atoms with van der Waals surface area (Å²) >= 11 is 12.5. The van der Waals surface area contributed by atoms with Crippen LogP contribution >= 0.6 is 23.2 Å². The standard InChI is InChI=1S/C21H25Cl2N5O/c1-12-17(13-4-2-5-14(22)16(13)23)27-18(19(25)29)20(26-12)28-10-8-21(9-11-28)7-3-6-15(21)24/h2,4-5,15H,3,6-11,24H2,1H3,(H2,25,29). The first kappa shape index (κ1) is 20.4. The van der Waals surface area contributed by atoms with E-state index in [1.165, 1.54) is 12.8 Å². The highest BCUT2D eigenvalue weighted by Gasteiger charge is 2.43. The number of aryl methyl sites for hydroxylation is 1. The molecule has 154 valence electrons. The van der Waals surface area contributed by atoms with E-state index in [1.54, 1.807) is 12.1 Å². The number of hydrogen-bond acceptors (Lipinski definition) is 5. The Balaban J connectivity index is 1.69. The van der Waals surface area contributed by atoms with Crippen molar-refractivity contribution in [1.82, 2.24) is 9.97 Å². The maximum Gasteiger partial charge on any atom is 0.271 e. The van der Waals surface area contributed by atoms with Gasteiger partial charge in [0.05, 0.1) is 21.4 Å². The monoisotopic (exact) mass is 433 g/mol. The molecular formula is C21H25Cl2N5O. The van der Waals surface area contributed by atoms with Crippen LogP contribution in [0.2, 0.25) is 10.0 Å². The van der Waals surface area contributed by atoms with Crippen molar-refractivity contribution in [3.05, 3.63) is 39.6 Å². The molecule has 0 radical (unpaired) electrons. The Morgan fingerprint density at radius 3 is 2.55 bits per heavy atom. The zero-order valence-electron chi connectivity index (χ0n) is 16.4. The molecule has 1 unspecified atom stereocenters. The average molecular weight is 434 g/mol. The van der Waals surface area contributed by atoms with E-state index in [0.717, 1.165) is 32.4 Å². The first-order valence-electron chi connectivity index (χ1n) is 9.96.